The highest BCUT2D eigenvalue weighted by molar-refractivity contribution is 9.09. The minimum atomic E-state index is -1.13. The number of alkyl halides is 2. The topological polar surface area (TPSA) is 325 Å². The Labute approximate surface area is 564 Å². The lowest BCUT2D eigenvalue weighted by molar-refractivity contribution is -0.167. The number of carbonyl (C=O) groups is 9. The molecule has 0 saturated carbocycles. The third kappa shape index (κ3) is 17.1. The molecule has 0 spiro atoms. The minimum absolute atomic E-state index is 0.0277. The van der Waals surface area contributed by atoms with Gasteiger partial charge in [-0.25, -0.2) is 14.8 Å². The predicted molar refractivity (Wildman–Crippen MR) is 355 cm³/mol. The van der Waals surface area contributed by atoms with Gasteiger partial charge in [-0.15, -0.1) is 0 Å². The van der Waals surface area contributed by atoms with Gasteiger partial charge in [-0.1, -0.05) is 76.9 Å². The Hall–Kier alpha value is -7.13. The second kappa shape index (κ2) is 33.0. The number of ketones is 5. The van der Waals surface area contributed by atoms with E-state index in [1.807, 2.05) is 39.6 Å². The second-order valence-electron chi connectivity index (χ2n) is 25.1. The van der Waals surface area contributed by atoms with Gasteiger partial charge in [0.2, 0.25) is 17.6 Å². The number of nitrogens with two attached hydrogens (primary N) is 1. The molecule has 7 N–H and O–H groups in total. The van der Waals surface area contributed by atoms with Gasteiger partial charge in [-0.3, -0.25) is 48.2 Å². The van der Waals surface area contributed by atoms with E-state index in [2.05, 4.69) is 62.7 Å². The van der Waals surface area contributed by atoms with Crippen LogP contribution in [0.25, 0.3) is 11.0 Å². The van der Waals surface area contributed by atoms with E-state index in [0.717, 1.165) is 33.6 Å². The van der Waals surface area contributed by atoms with Crippen LogP contribution in [0.5, 0.6) is 5.75 Å². The third-order valence-corrected chi connectivity index (χ3v) is 19.7. The zero-order valence-electron chi connectivity index (χ0n) is 54.6. The SMILES string of the molecule is COC1=C(C)C(=O)C2=C(C1=O)[C@H](CNC(=O)[C@H](C)CC(=O)OCc1ccc(CC(=O)[C@H](CCCNC(N)=O)NC(=O)[C@@H](CC(=O)CCOCCOCCCC(=O)c3ccc4nc(CBr)c(CBr)nc4c3)C(C)C)cc1)N1[C@@H](O)[C@@H]3Cc4c(cc(O)c(C)c4C)[C@@H]([C@@H]1C2)N3C. The van der Waals surface area contributed by atoms with Gasteiger partial charge in [0, 0.05) is 96.2 Å². The molecule has 23 nitrogen and oxygen atoms in total. The standard InChI is InChI=1S/C69H86Br2N8O15/c1-36(2)45(28-44(80)19-22-93-24-23-92-21-10-12-57(81)43-17-18-49-51(27-43)76-53(33-71)52(32-70)75-49)67(88)77-50(11-9-20-73-69(72)90)59(83)26-41-13-15-42(16-14-41)35-94-60(84)25-37(3)66(87)74-34-56-61-48(63(85)40(6)65(91-8)64(61)86)30-54-62-47-31-58(82)39(5)38(4)46(47)29-55(78(62)7)68(89)79(54)56/h13-18,27,31,36-37,45,50,54-56,62,68,82,89H,9-12,19-26,28-30,32-35H2,1-8H3,(H,74,87)(H,77,88)(H3,72,73,90)/t37-,45+,50+,54+,55+,56+,62+,68+/m1/s1. The second-order valence-corrected chi connectivity index (χ2v) is 26.2. The largest absolute Gasteiger partial charge is 0.508 e. The lowest BCUT2D eigenvalue weighted by Crippen LogP contribution is -2.71. The van der Waals surface area contributed by atoms with E-state index in [9.17, 15) is 53.4 Å². The van der Waals surface area contributed by atoms with E-state index >= 15 is 0 Å². The number of primary amides is 1. The summed E-state index contributed by atoms with van der Waals surface area (Å²) in [6.07, 6.45) is 0.331. The molecule has 3 aliphatic heterocycles. The van der Waals surface area contributed by atoms with Crippen molar-refractivity contribution in [2.24, 2.45) is 23.5 Å². The number of hydrogen-bond donors (Lipinski definition) is 6. The molecule has 1 fully saturated rings. The lowest BCUT2D eigenvalue weighted by Gasteiger charge is -2.60. The molecule has 506 valence electrons. The summed E-state index contributed by atoms with van der Waals surface area (Å²) in [6, 6.07) is 9.83. The molecule has 0 unspecified atom stereocenters. The zero-order valence-corrected chi connectivity index (χ0v) is 57.7. The molecule has 4 aromatic rings. The molecule has 1 aliphatic carbocycles. The van der Waals surface area contributed by atoms with Crippen LogP contribution in [0, 0.1) is 31.6 Å². The first kappa shape index (κ1) is 72.7. The first-order valence-electron chi connectivity index (χ1n) is 31.9. The van der Waals surface area contributed by atoms with Gasteiger partial charge in [0.1, 0.15) is 24.4 Å². The van der Waals surface area contributed by atoms with Crippen molar-refractivity contribution in [3.8, 4) is 5.75 Å². The number of amides is 4. The highest BCUT2D eigenvalue weighted by Gasteiger charge is 2.57. The molecular formula is C69H86Br2N8O15. The van der Waals surface area contributed by atoms with Crippen LogP contribution in [-0.2, 0) is 82.6 Å². The van der Waals surface area contributed by atoms with Gasteiger partial charge < -0.3 is 50.8 Å². The van der Waals surface area contributed by atoms with Crippen molar-refractivity contribution in [2.45, 2.75) is 159 Å². The quantitative estimate of drug-likeness (QED) is 0.00916. The molecule has 4 aliphatic rings. The molecule has 2 bridgehead atoms. The maximum Gasteiger partial charge on any atom is 0.312 e. The number of carbonyl (C=O) groups excluding carboxylic acids is 9. The molecule has 4 heterocycles. The fourth-order valence-corrected chi connectivity index (χ4v) is 14.0. The number of halogens is 2. The van der Waals surface area contributed by atoms with Crippen LogP contribution < -0.4 is 21.7 Å². The van der Waals surface area contributed by atoms with Gasteiger partial charge in [0.05, 0.1) is 79.9 Å². The minimum Gasteiger partial charge on any atom is -0.508 e. The summed E-state index contributed by atoms with van der Waals surface area (Å²) in [5, 5.41) is 32.7. The molecular weight excluding hydrogens is 1340 g/mol. The number of rotatable bonds is 33. The van der Waals surface area contributed by atoms with Crippen molar-refractivity contribution >= 4 is 95.6 Å². The molecule has 1 saturated heterocycles. The number of benzene rings is 3. The lowest BCUT2D eigenvalue weighted by atomic mass is 9.70. The Morgan fingerprint density at radius 1 is 0.787 bits per heavy atom. The Morgan fingerprint density at radius 3 is 2.14 bits per heavy atom. The highest BCUT2D eigenvalue weighted by Crippen LogP contribution is 2.51. The number of ether oxygens (including phenoxy) is 4. The Balaban J connectivity index is 0.787. The van der Waals surface area contributed by atoms with Crippen molar-refractivity contribution in [1.82, 2.24) is 35.7 Å². The summed E-state index contributed by atoms with van der Waals surface area (Å²) in [6.45, 7) is 11.3. The van der Waals surface area contributed by atoms with E-state index < -0.39 is 77.9 Å². The Bertz CT molecular complexity index is 3610. The summed E-state index contributed by atoms with van der Waals surface area (Å²) in [5.41, 5.74) is 14.2. The van der Waals surface area contributed by atoms with Crippen LogP contribution in [0.4, 0.5) is 4.79 Å². The average molecular weight is 1430 g/mol. The number of phenolic OH excluding ortho intramolecular Hbond substituents is 1. The molecule has 94 heavy (non-hydrogen) atoms. The number of allylic oxidation sites excluding steroid dienone is 2. The van der Waals surface area contributed by atoms with Crippen molar-refractivity contribution in [1.29, 1.82) is 0 Å². The fraction of sp³-hybridized carbons (Fsp3) is 0.522. The monoisotopic (exact) mass is 1420 g/mol. The van der Waals surface area contributed by atoms with Crippen LogP contribution in [0.3, 0.4) is 0 Å². The van der Waals surface area contributed by atoms with Gasteiger partial charge >= 0.3 is 12.0 Å². The molecule has 3 aromatic carbocycles. The first-order valence-corrected chi connectivity index (χ1v) is 34.2. The number of esters is 1. The van der Waals surface area contributed by atoms with Crippen LogP contribution in [0.15, 0.2) is 71.0 Å². The molecule has 8 rings (SSSR count). The maximum atomic E-state index is 14.3. The Kier molecular flexibility index (Phi) is 25.5. The number of nitrogens with zero attached hydrogens (tertiary/aromatic N) is 4. The number of nitrogens with one attached hydrogen (secondary N) is 3. The van der Waals surface area contributed by atoms with E-state index in [0.29, 0.717) is 64.3 Å². The molecule has 4 amide bonds. The number of aromatic nitrogens is 2. The number of piperazine rings is 1. The number of phenols is 1. The molecule has 0 radical (unpaired) electrons. The number of Topliss-reactive ketones (excluding diaryl/α,β-unsaturated/α-hetero) is 5. The van der Waals surface area contributed by atoms with Crippen LogP contribution in [-0.4, -0.2) is 167 Å². The summed E-state index contributed by atoms with van der Waals surface area (Å²) < 4.78 is 22.4. The zero-order chi connectivity index (χ0) is 68.2. The van der Waals surface area contributed by atoms with Crippen molar-refractivity contribution in [3.05, 3.63) is 121 Å². The smallest absolute Gasteiger partial charge is 0.312 e. The summed E-state index contributed by atoms with van der Waals surface area (Å²) >= 11 is 6.89. The van der Waals surface area contributed by atoms with Crippen LogP contribution in [0.1, 0.15) is 140 Å². The number of hydrogen-bond acceptors (Lipinski definition) is 19. The normalized spacial score (nSPS) is 19.6. The first-order chi connectivity index (χ1) is 44.9. The van der Waals surface area contributed by atoms with E-state index in [1.54, 1.807) is 62.4 Å². The van der Waals surface area contributed by atoms with Crippen molar-refractivity contribution < 1.29 is 72.3 Å². The van der Waals surface area contributed by atoms with Crippen molar-refractivity contribution in [2.75, 3.05) is 53.7 Å². The average Bonchev–Trinajstić information content (AvgIpc) is 0.705. The Morgan fingerprint density at radius 2 is 1.47 bits per heavy atom. The predicted octanol–water partition coefficient (Wildman–Crippen LogP) is 7.03. The van der Waals surface area contributed by atoms with E-state index in [-0.39, 0.29) is 142 Å². The molecule has 1 aromatic heterocycles. The van der Waals surface area contributed by atoms with Gasteiger partial charge in [0.15, 0.2) is 23.1 Å². The molecule has 8 atom stereocenters. The highest BCUT2D eigenvalue weighted by atomic mass is 79.9. The molecule has 25 heteroatoms. The summed E-state index contributed by atoms with van der Waals surface area (Å²) in [5.74, 6) is -4.92. The van der Waals surface area contributed by atoms with Crippen LogP contribution in [0.2, 0.25) is 0 Å². The number of fused-ring (bicyclic) bond motifs is 7. The summed E-state index contributed by atoms with van der Waals surface area (Å²) in [7, 11) is 3.22. The number of aromatic hydroxyl groups is 1. The fourth-order valence-electron chi connectivity index (χ4n) is 13.1. The van der Waals surface area contributed by atoms with Crippen LogP contribution >= 0.6 is 31.9 Å². The number of aliphatic hydroxyl groups excluding tert-OH is 1. The number of likely N-dealkylation sites (N-methyl/N-ethyl adjacent to an activating group) is 1. The number of urea groups is 1. The van der Waals surface area contributed by atoms with Crippen molar-refractivity contribution in [3.63, 3.8) is 0 Å². The third-order valence-electron chi connectivity index (χ3n) is 18.6. The van der Waals surface area contributed by atoms with E-state index in [4.69, 9.17) is 24.7 Å². The number of methoxy groups -OCH3 is 1. The maximum absolute atomic E-state index is 14.3. The number of aliphatic hydroxyl groups is 1. The van der Waals surface area contributed by atoms with Gasteiger partial charge in [-0.2, -0.15) is 0 Å². The van der Waals surface area contributed by atoms with E-state index in [1.165, 1.54) is 7.11 Å². The van der Waals surface area contributed by atoms with Gasteiger partial charge in [0.25, 0.3) is 0 Å². The van der Waals surface area contributed by atoms with Gasteiger partial charge in [-0.05, 0) is 123 Å². The summed E-state index contributed by atoms with van der Waals surface area (Å²) in [4.78, 5) is 134.